The van der Waals surface area contributed by atoms with E-state index in [1.165, 1.54) is 51.5 Å². The fourth-order valence-electron chi connectivity index (χ4n) is 3.72. The van der Waals surface area contributed by atoms with Gasteiger partial charge >= 0.3 is 0 Å². The van der Waals surface area contributed by atoms with Crippen LogP contribution in [0.4, 0.5) is 0 Å². The van der Waals surface area contributed by atoms with Crippen molar-refractivity contribution >= 4 is 0 Å². The van der Waals surface area contributed by atoms with Crippen LogP contribution in [-0.2, 0) is 0 Å². The molecular weight excluding hydrogens is 248 g/mol. The summed E-state index contributed by atoms with van der Waals surface area (Å²) in [5, 5.41) is 8.90. The lowest BCUT2D eigenvalue weighted by Gasteiger charge is -2.48. The predicted octanol–water partition coefficient (Wildman–Crippen LogP) is 3.16. The number of nitrogens with zero attached hydrogens (tertiary/aromatic N) is 1. The molecule has 0 aromatic carbocycles. The molecule has 0 aromatic heterocycles. The topological polar surface area (TPSA) is 49.5 Å². The molecule has 1 aliphatic rings. The van der Waals surface area contributed by atoms with E-state index in [9.17, 15) is 0 Å². The highest BCUT2D eigenvalue weighted by Crippen LogP contribution is 2.37. The molecule has 3 nitrogen and oxygen atoms in total. The molecule has 0 atom stereocenters. The van der Waals surface area contributed by atoms with Gasteiger partial charge in [-0.15, -0.1) is 0 Å². The molecule has 1 aliphatic carbocycles. The lowest BCUT2D eigenvalue weighted by atomic mass is 9.74. The summed E-state index contributed by atoms with van der Waals surface area (Å²) >= 11 is 0. The molecule has 0 bridgehead atoms. The minimum atomic E-state index is 0.265. The first-order valence-electron chi connectivity index (χ1n) is 8.78. The number of unbranched alkanes of at least 4 members (excludes halogenated alkanes) is 2. The van der Waals surface area contributed by atoms with Crippen LogP contribution < -0.4 is 5.73 Å². The first-order valence-corrected chi connectivity index (χ1v) is 8.78. The van der Waals surface area contributed by atoms with Gasteiger partial charge in [0.05, 0.1) is 0 Å². The highest BCUT2D eigenvalue weighted by molar-refractivity contribution is 4.95. The number of aliphatic hydroxyl groups is 1. The molecule has 3 N–H and O–H groups in total. The van der Waals surface area contributed by atoms with Gasteiger partial charge in [-0.3, -0.25) is 4.90 Å². The highest BCUT2D eigenvalue weighted by Gasteiger charge is 2.38. The summed E-state index contributed by atoms with van der Waals surface area (Å²) in [4.78, 5) is 2.68. The molecule has 0 heterocycles. The standard InChI is InChI=1S/C17H36N2O/c1-3-12-19(13-6-5-7-14-20)17(15-18)10-8-16(4-2)9-11-17/h16,20H,3-15,18H2,1-2H3. The summed E-state index contributed by atoms with van der Waals surface area (Å²) in [5.74, 6) is 0.924. The van der Waals surface area contributed by atoms with Gasteiger partial charge in [0.1, 0.15) is 0 Å². The Morgan fingerprint density at radius 2 is 1.80 bits per heavy atom. The van der Waals surface area contributed by atoms with E-state index in [4.69, 9.17) is 10.8 Å². The maximum absolute atomic E-state index is 8.90. The Hall–Kier alpha value is -0.120. The zero-order valence-electron chi connectivity index (χ0n) is 13.7. The molecule has 0 amide bonds. The Bertz CT molecular complexity index is 237. The van der Waals surface area contributed by atoms with E-state index >= 15 is 0 Å². The average Bonchev–Trinajstić information content (AvgIpc) is 2.50. The molecule has 20 heavy (non-hydrogen) atoms. The molecule has 120 valence electrons. The summed E-state index contributed by atoms with van der Waals surface area (Å²) in [5.41, 5.74) is 6.47. The molecule has 3 heteroatoms. The van der Waals surface area contributed by atoms with Crippen molar-refractivity contribution in [3.63, 3.8) is 0 Å². The van der Waals surface area contributed by atoms with Crippen LogP contribution in [0.2, 0.25) is 0 Å². The number of hydrogen-bond donors (Lipinski definition) is 2. The highest BCUT2D eigenvalue weighted by atomic mass is 16.2. The van der Waals surface area contributed by atoms with E-state index in [1.54, 1.807) is 0 Å². The van der Waals surface area contributed by atoms with E-state index in [0.717, 1.165) is 31.8 Å². The van der Waals surface area contributed by atoms with E-state index in [2.05, 4.69) is 18.7 Å². The summed E-state index contributed by atoms with van der Waals surface area (Å²) in [6, 6.07) is 0. The Kier molecular flexibility index (Phi) is 8.74. The van der Waals surface area contributed by atoms with Gasteiger partial charge in [-0.05, 0) is 70.4 Å². The number of aliphatic hydroxyl groups excluding tert-OH is 1. The van der Waals surface area contributed by atoms with E-state index in [1.807, 2.05) is 0 Å². The molecular formula is C17H36N2O. The second-order valence-corrected chi connectivity index (χ2v) is 6.55. The van der Waals surface area contributed by atoms with E-state index < -0.39 is 0 Å². The fourth-order valence-corrected chi connectivity index (χ4v) is 3.72. The Balaban J connectivity index is 2.56. The van der Waals surface area contributed by atoms with Gasteiger partial charge < -0.3 is 10.8 Å². The minimum Gasteiger partial charge on any atom is -0.396 e. The van der Waals surface area contributed by atoms with Gasteiger partial charge in [0.25, 0.3) is 0 Å². The van der Waals surface area contributed by atoms with Crippen LogP contribution in [0.15, 0.2) is 0 Å². The molecule has 0 aliphatic heterocycles. The molecule has 1 rings (SSSR count). The zero-order valence-corrected chi connectivity index (χ0v) is 13.7. The van der Waals surface area contributed by atoms with Crippen molar-refractivity contribution in [3.05, 3.63) is 0 Å². The van der Waals surface area contributed by atoms with Crippen LogP contribution in [-0.4, -0.2) is 41.8 Å². The monoisotopic (exact) mass is 284 g/mol. The first-order chi connectivity index (χ1) is 9.72. The van der Waals surface area contributed by atoms with Crippen LogP contribution in [0, 0.1) is 5.92 Å². The fraction of sp³-hybridized carbons (Fsp3) is 1.00. The van der Waals surface area contributed by atoms with Crippen molar-refractivity contribution in [3.8, 4) is 0 Å². The third-order valence-electron chi connectivity index (χ3n) is 5.24. The SMILES string of the molecule is CCCN(CCCCCO)C1(CN)CCC(CC)CC1. The lowest BCUT2D eigenvalue weighted by Crippen LogP contribution is -2.56. The zero-order chi connectivity index (χ0) is 14.8. The van der Waals surface area contributed by atoms with Crippen LogP contribution in [0.25, 0.3) is 0 Å². The van der Waals surface area contributed by atoms with Crippen molar-refractivity contribution in [2.45, 2.75) is 77.2 Å². The predicted molar refractivity (Wildman–Crippen MR) is 86.8 cm³/mol. The van der Waals surface area contributed by atoms with E-state index in [0.29, 0.717) is 6.61 Å². The smallest absolute Gasteiger partial charge is 0.0431 e. The Morgan fingerprint density at radius 1 is 1.10 bits per heavy atom. The van der Waals surface area contributed by atoms with Crippen molar-refractivity contribution in [1.82, 2.24) is 4.90 Å². The van der Waals surface area contributed by atoms with Crippen LogP contribution in [0.1, 0.15) is 71.6 Å². The average molecular weight is 284 g/mol. The summed E-state index contributed by atoms with van der Waals surface area (Å²) in [6.07, 6.45) is 11.1. The summed E-state index contributed by atoms with van der Waals surface area (Å²) < 4.78 is 0. The minimum absolute atomic E-state index is 0.265. The summed E-state index contributed by atoms with van der Waals surface area (Å²) in [6.45, 7) is 8.05. The van der Waals surface area contributed by atoms with Gasteiger partial charge in [-0.2, -0.15) is 0 Å². The molecule has 1 fully saturated rings. The molecule has 0 aromatic rings. The van der Waals surface area contributed by atoms with Gasteiger partial charge in [0, 0.05) is 18.7 Å². The van der Waals surface area contributed by atoms with E-state index in [-0.39, 0.29) is 5.54 Å². The number of hydrogen-bond acceptors (Lipinski definition) is 3. The third-order valence-corrected chi connectivity index (χ3v) is 5.24. The summed E-state index contributed by atoms with van der Waals surface area (Å²) in [7, 11) is 0. The van der Waals surface area contributed by atoms with Crippen LogP contribution >= 0.6 is 0 Å². The van der Waals surface area contributed by atoms with Crippen molar-refractivity contribution in [2.24, 2.45) is 11.7 Å². The first kappa shape index (κ1) is 17.9. The molecule has 0 saturated heterocycles. The maximum atomic E-state index is 8.90. The van der Waals surface area contributed by atoms with Crippen molar-refractivity contribution in [1.29, 1.82) is 0 Å². The van der Waals surface area contributed by atoms with Gasteiger partial charge in [-0.25, -0.2) is 0 Å². The second kappa shape index (κ2) is 9.75. The maximum Gasteiger partial charge on any atom is 0.0431 e. The van der Waals surface area contributed by atoms with Gasteiger partial charge in [-0.1, -0.05) is 20.3 Å². The third kappa shape index (κ3) is 5.01. The Morgan fingerprint density at radius 3 is 2.30 bits per heavy atom. The largest absolute Gasteiger partial charge is 0.396 e. The molecule has 0 unspecified atom stereocenters. The lowest BCUT2D eigenvalue weighted by molar-refractivity contribution is 0.0396. The Labute approximate surface area is 125 Å². The quantitative estimate of drug-likeness (QED) is 0.606. The van der Waals surface area contributed by atoms with Gasteiger partial charge in [0.15, 0.2) is 0 Å². The normalized spacial score (nSPS) is 27.1. The van der Waals surface area contributed by atoms with Gasteiger partial charge in [0.2, 0.25) is 0 Å². The number of rotatable bonds is 10. The molecule has 0 spiro atoms. The second-order valence-electron chi connectivity index (χ2n) is 6.55. The molecule has 0 radical (unpaired) electrons. The number of nitrogens with two attached hydrogens (primary N) is 1. The van der Waals surface area contributed by atoms with Crippen LogP contribution in [0.3, 0.4) is 0 Å². The van der Waals surface area contributed by atoms with Crippen molar-refractivity contribution in [2.75, 3.05) is 26.2 Å². The molecule has 1 saturated carbocycles. The van der Waals surface area contributed by atoms with Crippen molar-refractivity contribution < 1.29 is 5.11 Å². The van der Waals surface area contributed by atoms with Crippen LogP contribution in [0.5, 0.6) is 0 Å².